The number of carbonyl (C=O) groups excluding carboxylic acids is 3. The molecule has 1 saturated heterocycles. The number of ether oxygens (including phenoxy) is 4. The zero-order valence-electron chi connectivity index (χ0n) is 28.8. The summed E-state index contributed by atoms with van der Waals surface area (Å²) in [5, 5.41) is 0. The van der Waals surface area contributed by atoms with Crippen LogP contribution in [0.5, 0.6) is 17.2 Å². The normalized spacial score (nSPS) is 28.2. The van der Waals surface area contributed by atoms with Crippen molar-refractivity contribution < 1.29 is 46.5 Å². The average molecular weight is 697 g/mol. The third kappa shape index (κ3) is 6.03. The molecule has 2 bridgehead atoms. The molecular formula is C38H43F3N2O7. The number of hydrogen-bond donors (Lipinski definition) is 0. The number of halogens is 3. The van der Waals surface area contributed by atoms with Crippen LogP contribution in [0.4, 0.5) is 13.2 Å². The summed E-state index contributed by atoms with van der Waals surface area (Å²) >= 11 is 0. The average Bonchev–Trinajstić information content (AvgIpc) is 3.77. The fourth-order valence-electron chi connectivity index (χ4n) is 9.29. The lowest BCUT2D eigenvalue weighted by molar-refractivity contribution is -0.274. The van der Waals surface area contributed by atoms with Crippen LogP contribution in [-0.2, 0) is 31.0 Å². The zero-order valence-corrected chi connectivity index (χ0v) is 28.8. The molecule has 0 unspecified atom stereocenters. The summed E-state index contributed by atoms with van der Waals surface area (Å²) in [4.78, 5) is 43.8. The van der Waals surface area contributed by atoms with Crippen molar-refractivity contribution in [3.63, 3.8) is 0 Å². The van der Waals surface area contributed by atoms with E-state index in [0.29, 0.717) is 55.2 Å². The van der Waals surface area contributed by atoms with E-state index in [0.717, 1.165) is 24.2 Å². The number of rotatable bonds is 10. The summed E-state index contributed by atoms with van der Waals surface area (Å²) < 4.78 is 61.9. The summed E-state index contributed by atoms with van der Waals surface area (Å²) in [7, 11) is 0. The summed E-state index contributed by atoms with van der Waals surface area (Å²) in [6.45, 7) is 8.90. The Labute approximate surface area is 289 Å². The molecule has 5 atom stereocenters. The molecule has 5 aliphatic rings. The molecule has 3 fully saturated rings. The lowest BCUT2D eigenvalue weighted by Crippen LogP contribution is -2.79. The number of alkyl halides is 3. The molecule has 2 aliphatic heterocycles. The molecule has 9 nitrogen and oxygen atoms in total. The number of likely N-dealkylation sites (tertiary alicyclic amines) is 1. The Morgan fingerprint density at radius 2 is 1.86 bits per heavy atom. The van der Waals surface area contributed by atoms with Gasteiger partial charge >= 0.3 is 18.3 Å². The van der Waals surface area contributed by atoms with Crippen LogP contribution in [-0.4, -0.2) is 77.4 Å². The number of amides is 1. The molecule has 1 amide bonds. The highest BCUT2D eigenvalue weighted by Gasteiger charge is 2.76. The number of nitrogens with zero attached hydrogens (tertiary/aromatic N) is 2. The van der Waals surface area contributed by atoms with Gasteiger partial charge in [0.25, 0.3) is 0 Å². The Morgan fingerprint density at radius 3 is 2.54 bits per heavy atom. The molecular weight excluding hydrogens is 653 g/mol. The van der Waals surface area contributed by atoms with Crippen LogP contribution in [0.25, 0.3) is 6.08 Å². The fourth-order valence-corrected chi connectivity index (χ4v) is 9.29. The molecule has 0 N–H and O–H groups in total. The smallest absolute Gasteiger partial charge is 0.483 e. The van der Waals surface area contributed by atoms with Gasteiger partial charge in [0, 0.05) is 38.6 Å². The molecule has 2 aromatic rings. The SMILES string of the molecule is CC(=O)Oc1ccc2c3c1O[C@H]1[C@@H](N(CC(C)C)C(=O)C=Cc4cccc(OC(F)(F)F)c4)CC[C@@]4(OC(C)=O)[C@@H](C2)N(CC2CC2)CC[C@]314. The van der Waals surface area contributed by atoms with Gasteiger partial charge in [-0.2, -0.15) is 0 Å². The Bertz CT molecular complexity index is 1720. The predicted octanol–water partition coefficient (Wildman–Crippen LogP) is 6.21. The topological polar surface area (TPSA) is 94.6 Å². The summed E-state index contributed by atoms with van der Waals surface area (Å²) in [5.74, 6) is -0.0889. The van der Waals surface area contributed by atoms with Gasteiger partial charge in [0.05, 0.1) is 17.5 Å². The molecule has 12 heteroatoms. The quantitative estimate of drug-likeness (QED) is 0.165. The Hall–Kier alpha value is -4.06. The van der Waals surface area contributed by atoms with Crippen LogP contribution in [0.15, 0.2) is 42.5 Å². The number of piperidine rings is 1. The van der Waals surface area contributed by atoms with Crippen LogP contribution in [0.1, 0.15) is 76.5 Å². The van der Waals surface area contributed by atoms with Crippen LogP contribution in [0.3, 0.4) is 0 Å². The van der Waals surface area contributed by atoms with Crippen LogP contribution >= 0.6 is 0 Å². The Kier molecular flexibility index (Phi) is 8.68. The van der Waals surface area contributed by atoms with Gasteiger partial charge in [-0.3, -0.25) is 19.3 Å². The summed E-state index contributed by atoms with van der Waals surface area (Å²) in [6, 6.07) is 8.69. The largest absolute Gasteiger partial charge is 0.573 e. The van der Waals surface area contributed by atoms with Gasteiger partial charge in [0.1, 0.15) is 17.5 Å². The number of hydrogen-bond acceptors (Lipinski definition) is 8. The highest BCUT2D eigenvalue weighted by Crippen LogP contribution is 2.67. The minimum absolute atomic E-state index is 0.0731. The first-order valence-corrected chi connectivity index (χ1v) is 17.5. The monoisotopic (exact) mass is 696 g/mol. The first kappa shape index (κ1) is 34.4. The van der Waals surface area contributed by atoms with Crippen molar-refractivity contribution in [2.75, 3.05) is 19.6 Å². The van der Waals surface area contributed by atoms with E-state index in [1.54, 1.807) is 17.0 Å². The molecule has 50 heavy (non-hydrogen) atoms. The Balaban J connectivity index is 1.30. The van der Waals surface area contributed by atoms with Crippen molar-refractivity contribution >= 4 is 23.9 Å². The lowest BCUT2D eigenvalue weighted by atomic mass is 9.48. The second-order valence-electron chi connectivity index (χ2n) is 14.9. The van der Waals surface area contributed by atoms with E-state index in [2.05, 4.69) is 9.64 Å². The van der Waals surface area contributed by atoms with E-state index in [9.17, 15) is 27.6 Å². The molecule has 268 valence electrons. The molecule has 1 spiro atoms. The second kappa shape index (κ2) is 12.6. The van der Waals surface area contributed by atoms with Crippen molar-refractivity contribution in [3.8, 4) is 17.2 Å². The Morgan fingerprint density at radius 1 is 1.08 bits per heavy atom. The van der Waals surface area contributed by atoms with E-state index in [-0.39, 0.29) is 29.6 Å². The van der Waals surface area contributed by atoms with Gasteiger partial charge in [-0.25, -0.2) is 0 Å². The first-order valence-electron chi connectivity index (χ1n) is 17.5. The maximum Gasteiger partial charge on any atom is 0.573 e. The van der Waals surface area contributed by atoms with Crippen LogP contribution in [0, 0.1) is 11.8 Å². The molecule has 0 radical (unpaired) electrons. The van der Waals surface area contributed by atoms with E-state index in [1.165, 1.54) is 57.0 Å². The fraction of sp³-hybridized carbons (Fsp3) is 0.553. The molecule has 7 rings (SSSR count). The van der Waals surface area contributed by atoms with Gasteiger partial charge in [0.2, 0.25) is 5.91 Å². The van der Waals surface area contributed by atoms with Crippen LogP contribution < -0.4 is 14.2 Å². The highest BCUT2D eigenvalue weighted by atomic mass is 19.4. The van der Waals surface area contributed by atoms with E-state index in [4.69, 9.17) is 14.2 Å². The molecule has 3 aliphatic carbocycles. The van der Waals surface area contributed by atoms with E-state index >= 15 is 0 Å². The van der Waals surface area contributed by atoms with Crippen molar-refractivity contribution in [3.05, 3.63) is 59.2 Å². The van der Waals surface area contributed by atoms with Gasteiger partial charge in [-0.05, 0) is 92.3 Å². The van der Waals surface area contributed by atoms with Gasteiger partial charge in [-0.1, -0.05) is 32.0 Å². The molecule has 2 saturated carbocycles. The molecule has 0 aromatic heterocycles. The van der Waals surface area contributed by atoms with Gasteiger partial charge in [0.15, 0.2) is 11.5 Å². The van der Waals surface area contributed by atoms with Gasteiger partial charge in [-0.15, -0.1) is 13.2 Å². The van der Waals surface area contributed by atoms with Crippen molar-refractivity contribution in [2.24, 2.45) is 11.8 Å². The van der Waals surface area contributed by atoms with E-state index in [1.807, 2.05) is 19.9 Å². The van der Waals surface area contributed by atoms with Crippen molar-refractivity contribution in [1.29, 1.82) is 0 Å². The standard InChI is InChI=1S/C38H43F3N2O7/c1-22(2)20-43(32(46)13-10-25-6-5-7-28(18-25)50-38(39,40)41)29-14-15-37(49-24(4)45)31-19-27-11-12-30(47-23(3)44)34-33(27)36(37,35(29)48-34)16-17-42(31)21-26-8-9-26/h5-7,10-13,18,22,26,29,31,35H,8-9,14-17,19-21H2,1-4H3/t29-,31+,35-,36-,37+/m0/s1. The second-order valence-corrected chi connectivity index (χ2v) is 14.9. The predicted molar refractivity (Wildman–Crippen MR) is 176 cm³/mol. The van der Waals surface area contributed by atoms with Gasteiger partial charge < -0.3 is 23.8 Å². The van der Waals surface area contributed by atoms with E-state index < -0.39 is 35.5 Å². The minimum Gasteiger partial charge on any atom is -0.483 e. The lowest BCUT2D eigenvalue weighted by Gasteiger charge is -2.65. The maximum atomic E-state index is 14.2. The number of benzene rings is 2. The summed E-state index contributed by atoms with van der Waals surface area (Å²) in [5.41, 5.74) is 0.604. The third-order valence-electron chi connectivity index (χ3n) is 11.0. The number of esters is 2. The minimum atomic E-state index is -4.84. The van der Waals surface area contributed by atoms with Crippen molar-refractivity contribution in [2.45, 2.75) is 102 Å². The first-order chi connectivity index (χ1) is 23.7. The maximum absolute atomic E-state index is 14.2. The number of carbonyl (C=O) groups is 3. The third-order valence-corrected chi connectivity index (χ3v) is 11.0. The highest BCUT2D eigenvalue weighted by molar-refractivity contribution is 5.92. The molecule has 2 aromatic carbocycles. The van der Waals surface area contributed by atoms with Crippen molar-refractivity contribution in [1.82, 2.24) is 9.80 Å². The summed E-state index contributed by atoms with van der Waals surface area (Å²) in [6.07, 6.45) is 2.05. The zero-order chi connectivity index (χ0) is 35.6. The van der Waals surface area contributed by atoms with Crippen LogP contribution in [0.2, 0.25) is 0 Å². The molecule has 2 heterocycles.